The summed E-state index contributed by atoms with van der Waals surface area (Å²) in [5, 5.41) is 10.7. The van der Waals surface area contributed by atoms with E-state index in [2.05, 4.69) is 15.5 Å². The molecule has 0 aliphatic carbocycles. The molecule has 2 heterocycles. The number of hydrogen-bond donors (Lipinski definition) is 1. The van der Waals surface area contributed by atoms with E-state index in [0.717, 1.165) is 0 Å². The summed E-state index contributed by atoms with van der Waals surface area (Å²) in [5.41, 5.74) is 0. The van der Waals surface area contributed by atoms with Gasteiger partial charge >= 0.3 is 6.03 Å². The fourth-order valence-electron chi connectivity index (χ4n) is 2.34. The van der Waals surface area contributed by atoms with E-state index in [1.807, 2.05) is 11.5 Å². The quantitative estimate of drug-likeness (QED) is 0.731. The minimum absolute atomic E-state index is 0.0553. The molecule has 0 saturated carbocycles. The van der Waals surface area contributed by atoms with Crippen molar-refractivity contribution in [2.24, 2.45) is 0 Å². The highest BCUT2D eigenvalue weighted by atomic mass is 16.5. The first-order valence-electron chi connectivity index (χ1n) is 7.19. The average Bonchev–Trinajstić information content (AvgIpc) is 3.07. The van der Waals surface area contributed by atoms with Crippen molar-refractivity contribution < 1.29 is 14.3 Å². The first-order chi connectivity index (χ1) is 10.5. The van der Waals surface area contributed by atoms with Crippen molar-refractivity contribution in [2.45, 2.75) is 19.5 Å². The topological polar surface area (TPSA) is 92.6 Å². The molecule has 1 N–H and O–H groups in total. The van der Waals surface area contributed by atoms with Crippen LogP contribution in [0, 0.1) is 0 Å². The van der Waals surface area contributed by atoms with Gasteiger partial charge in [-0.05, 0) is 6.92 Å². The lowest BCUT2D eigenvalue weighted by Gasteiger charge is -2.18. The summed E-state index contributed by atoms with van der Waals surface area (Å²) >= 11 is 0. The zero-order chi connectivity index (χ0) is 16.1. The molecule has 9 heteroatoms. The largest absolute Gasteiger partial charge is 0.383 e. The number of carbonyl (C=O) groups is 2. The highest BCUT2D eigenvalue weighted by Crippen LogP contribution is 2.10. The average molecular weight is 310 g/mol. The van der Waals surface area contributed by atoms with Gasteiger partial charge in [-0.1, -0.05) is 0 Å². The Morgan fingerprint density at radius 2 is 2.27 bits per heavy atom. The second kappa shape index (κ2) is 7.21. The molecule has 3 amide bonds. The molecule has 1 atom stereocenters. The monoisotopic (exact) mass is 310 g/mol. The molecule has 0 radical (unpaired) electrons. The third-order valence-electron chi connectivity index (χ3n) is 3.58. The maximum absolute atomic E-state index is 12.1. The first-order valence-corrected chi connectivity index (χ1v) is 7.19. The third-order valence-corrected chi connectivity index (χ3v) is 3.58. The Hall–Kier alpha value is -2.16. The minimum Gasteiger partial charge on any atom is -0.383 e. The number of likely N-dealkylation sites (N-methyl/N-ethyl adjacent to an activating group) is 1. The fraction of sp³-hybridized carbons (Fsp3) is 0.692. The zero-order valence-corrected chi connectivity index (χ0v) is 13.2. The lowest BCUT2D eigenvalue weighted by atomic mass is 10.3. The van der Waals surface area contributed by atoms with Crippen LogP contribution >= 0.6 is 0 Å². The van der Waals surface area contributed by atoms with E-state index in [-0.39, 0.29) is 24.5 Å². The van der Waals surface area contributed by atoms with Gasteiger partial charge in [-0.15, -0.1) is 10.2 Å². The predicted molar refractivity (Wildman–Crippen MR) is 78.1 cm³/mol. The lowest BCUT2D eigenvalue weighted by molar-refractivity contribution is -0.122. The Morgan fingerprint density at radius 3 is 2.91 bits per heavy atom. The molecule has 9 nitrogen and oxygen atoms in total. The highest BCUT2D eigenvalue weighted by molar-refractivity contribution is 5.85. The van der Waals surface area contributed by atoms with E-state index in [9.17, 15) is 9.59 Å². The van der Waals surface area contributed by atoms with Gasteiger partial charge in [-0.25, -0.2) is 4.79 Å². The van der Waals surface area contributed by atoms with Crippen LogP contribution in [0.1, 0.15) is 18.8 Å². The lowest BCUT2D eigenvalue weighted by Crippen LogP contribution is -2.40. The number of urea groups is 1. The van der Waals surface area contributed by atoms with E-state index in [0.29, 0.717) is 32.1 Å². The van der Waals surface area contributed by atoms with Gasteiger partial charge in [-0.3, -0.25) is 4.79 Å². The zero-order valence-electron chi connectivity index (χ0n) is 13.2. The number of methoxy groups -OCH3 is 1. The molecular weight excluding hydrogens is 288 g/mol. The minimum atomic E-state index is -0.290. The summed E-state index contributed by atoms with van der Waals surface area (Å²) in [6.07, 6.45) is 1.61. The molecule has 22 heavy (non-hydrogen) atoms. The van der Waals surface area contributed by atoms with E-state index >= 15 is 0 Å². The van der Waals surface area contributed by atoms with Crippen LogP contribution in [0.2, 0.25) is 0 Å². The molecule has 1 aromatic heterocycles. The van der Waals surface area contributed by atoms with E-state index < -0.39 is 0 Å². The molecule has 0 aromatic carbocycles. The van der Waals surface area contributed by atoms with Gasteiger partial charge in [0, 0.05) is 33.8 Å². The summed E-state index contributed by atoms with van der Waals surface area (Å²) in [6.45, 7) is 4.27. The second-order valence-corrected chi connectivity index (χ2v) is 5.29. The van der Waals surface area contributed by atoms with Crippen LogP contribution < -0.4 is 5.32 Å². The molecular formula is C13H22N6O3. The number of aromatic nitrogens is 3. The first kappa shape index (κ1) is 16.2. The Labute approximate surface area is 129 Å². The molecule has 1 aromatic rings. The molecule has 1 aliphatic rings. The SMILES string of the molecule is COCCn1cnnc1[C@@H](C)NC(=O)CN1CCN(C)C1=O. The number of carbonyl (C=O) groups excluding carboxylic acids is 2. The van der Waals surface area contributed by atoms with Gasteiger partial charge in [0.15, 0.2) is 5.82 Å². The number of amides is 3. The van der Waals surface area contributed by atoms with Gasteiger partial charge in [0.05, 0.1) is 12.6 Å². The highest BCUT2D eigenvalue weighted by Gasteiger charge is 2.27. The molecule has 1 fully saturated rings. The van der Waals surface area contributed by atoms with Crippen molar-refractivity contribution in [1.29, 1.82) is 0 Å². The standard InChI is InChI=1S/C13H22N6O3/c1-10(12-16-14-9-19(12)6-7-22-3)15-11(20)8-18-5-4-17(2)13(18)21/h9-10H,4-8H2,1-3H3,(H,15,20)/t10-/m1/s1. The van der Waals surface area contributed by atoms with Gasteiger partial charge in [0.25, 0.3) is 0 Å². The maximum Gasteiger partial charge on any atom is 0.320 e. The van der Waals surface area contributed by atoms with Crippen LogP contribution in [0.25, 0.3) is 0 Å². The van der Waals surface area contributed by atoms with Crippen molar-refractivity contribution in [3.05, 3.63) is 12.2 Å². The maximum atomic E-state index is 12.1. The Kier molecular flexibility index (Phi) is 5.31. The second-order valence-electron chi connectivity index (χ2n) is 5.29. The van der Waals surface area contributed by atoms with E-state index in [4.69, 9.17) is 4.74 Å². The molecule has 0 bridgehead atoms. The van der Waals surface area contributed by atoms with Gasteiger partial charge in [0.2, 0.25) is 5.91 Å². The predicted octanol–water partition coefficient (Wildman–Crippen LogP) is -0.531. The normalized spacial score (nSPS) is 16.2. The molecule has 1 aliphatic heterocycles. The van der Waals surface area contributed by atoms with Crippen LogP contribution in [-0.4, -0.2) is 76.9 Å². The Morgan fingerprint density at radius 1 is 1.50 bits per heavy atom. The van der Waals surface area contributed by atoms with Gasteiger partial charge in [0.1, 0.15) is 12.9 Å². The molecule has 0 unspecified atom stereocenters. The Bertz CT molecular complexity index is 532. The number of nitrogens with zero attached hydrogens (tertiary/aromatic N) is 5. The van der Waals surface area contributed by atoms with Crippen molar-refractivity contribution >= 4 is 11.9 Å². The van der Waals surface area contributed by atoms with Crippen molar-refractivity contribution in [2.75, 3.05) is 40.4 Å². The molecule has 1 saturated heterocycles. The summed E-state index contributed by atoms with van der Waals surface area (Å²) in [5.74, 6) is 0.452. The summed E-state index contributed by atoms with van der Waals surface area (Å²) in [4.78, 5) is 27.0. The molecule has 122 valence electrons. The van der Waals surface area contributed by atoms with Crippen molar-refractivity contribution in [3.63, 3.8) is 0 Å². The number of nitrogens with one attached hydrogen (secondary N) is 1. The number of hydrogen-bond acceptors (Lipinski definition) is 5. The third kappa shape index (κ3) is 3.73. The number of rotatable bonds is 7. The Balaban J connectivity index is 1.89. The van der Waals surface area contributed by atoms with E-state index in [1.165, 1.54) is 4.90 Å². The van der Waals surface area contributed by atoms with E-state index in [1.54, 1.807) is 25.4 Å². The van der Waals surface area contributed by atoms with Gasteiger partial charge in [-0.2, -0.15) is 0 Å². The van der Waals surface area contributed by atoms with Crippen LogP contribution in [-0.2, 0) is 16.1 Å². The molecule has 2 rings (SSSR count). The van der Waals surface area contributed by atoms with Crippen LogP contribution in [0.15, 0.2) is 6.33 Å². The molecule has 0 spiro atoms. The van der Waals surface area contributed by atoms with Crippen molar-refractivity contribution in [3.8, 4) is 0 Å². The summed E-state index contributed by atoms with van der Waals surface area (Å²) in [6, 6.07) is -0.409. The summed E-state index contributed by atoms with van der Waals surface area (Å²) < 4.78 is 6.87. The van der Waals surface area contributed by atoms with Gasteiger partial charge < -0.3 is 24.4 Å². The number of ether oxygens (including phenoxy) is 1. The smallest absolute Gasteiger partial charge is 0.320 e. The van der Waals surface area contributed by atoms with Crippen LogP contribution in [0.3, 0.4) is 0 Å². The van der Waals surface area contributed by atoms with Crippen LogP contribution in [0.5, 0.6) is 0 Å². The summed E-state index contributed by atoms with van der Waals surface area (Å²) in [7, 11) is 3.35. The van der Waals surface area contributed by atoms with Crippen molar-refractivity contribution in [1.82, 2.24) is 29.9 Å². The fourth-order valence-corrected chi connectivity index (χ4v) is 2.34. The van der Waals surface area contributed by atoms with Crippen LogP contribution in [0.4, 0.5) is 4.79 Å².